The molecule has 0 bridgehead atoms. The van der Waals surface area contributed by atoms with Crippen molar-refractivity contribution in [1.29, 1.82) is 0 Å². The van der Waals surface area contributed by atoms with E-state index in [1.54, 1.807) is 0 Å². The number of benzene rings is 2. The average Bonchev–Trinajstić information content (AvgIpc) is 2.62. The molecule has 1 amide bonds. The van der Waals surface area contributed by atoms with Crippen LogP contribution >= 0.6 is 0 Å². The highest BCUT2D eigenvalue weighted by molar-refractivity contribution is 5.97. The molecule has 0 aliphatic heterocycles. The topological polar surface area (TPSA) is 55.4 Å². The van der Waals surface area contributed by atoms with Gasteiger partial charge in [0.05, 0.1) is 22.4 Å². The molecule has 1 N–H and O–H groups in total. The molecule has 30 heavy (non-hydrogen) atoms. The number of nitrogens with one attached hydrogen (secondary N) is 1. The lowest BCUT2D eigenvalue weighted by Gasteiger charge is -2.16. The van der Waals surface area contributed by atoms with E-state index in [0.717, 1.165) is 19.1 Å². The Morgan fingerprint density at radius 2 is 1.43 bits per heavy atom. The van der Waals surface area contributed by atoms with E-state index < -0.39 is 64.3 Å². The number of esters is 1. The van der Waals surface area contributed by atoms with Gasteiger partial charge in [-0.3, -0.25) is 4.79 Å². The van der Waals surface area contributed by atoms with Crippen LogP contribution in [0.3, 0.4) is 0 Å². The third-order valence-corrected chi connectivity index (χ3v) is 3.67. The van der Waals surface area contributed by atoms with Crippen molar-refractivity contribution in [2.45, 2.75) is 25.4 Å². The van der Waals surface area contributed by atoms with Gasteiger partial charge in [0.25, 0.3) is 5.91 Å². The molecule has 0 aliphatic rings. The number of alkyl halides is 6. The van der Waals surface area contributed by atoms with Crippen molar-refractivity contribution in [3.05, 3.63) is 64.7 Å². The number of ether oxygens (including phenoxy) is 1. The third-order valence-electron chi connectivity index (χ3n) is 3.67. The van der Waals surface area contributed by atoms with Gasteiger partial charge in [0, 0.05) is 6.07 Å². The first-order valence-corrected chi connectivity index (χ1v) is 7.95. The third kappa shape index (κ3) is 5.67. The summed E-state index contributed by atoms with van der Waals surface area (Å²) in [5.74, 6) is -4.89. The molecule has 0 fully saturated rings. The van der Waals surface area contributed by atoms with Crippen LogP contribution in [0.4, 0.5) is 40.8 Å². The molecule has 0 saturated heterocycles. The first-order valence-electron chi connectivity index (χ1n) is 7.95. The zero-order valence-corrected chi connectivity index (χ0v) is 14.8. The first kappa shape index (κ1) is 23.1. The van der Waals surface area contributed by atoms with Crippen LogP contribution in [0.1, 0.15) is 28.4 Å². The lowest BCUT2D eigenvalue weighted by atomic mass is 10.0. The standard InChI is InChI=1S/C18H11F8NO3/c1-8(15(28)27-14-3-2-12(19)7-13(14)20)30-16(29)9-4-10(17(21,22)23)6-11(5-9)18(24,25)26/h2-8H,1H3,(H,27,28). The molecular formula is C18H11F8NO3. The van der Waals surface area contributed by atoms with Gasteiger partial charge in [-0.05, 0) is 37.3 Å². The van der Waals surface area contributed by atoms with Crippen LogP contribution in [0.2, 0.25) is 0 Å². The summed E-state index contributed by atoms with van der Waals surface area (Å²) in [6.07, 6.45) is -12.1. The second-order valence-electron chi connectivity index (χ2n) is 5.96. The van der Waals surface area contributed by atoms with E-state index in [1.807, 2.05) is 5.32 Å². The Hall–Kier alpha value is -3.18. The molecule has 2 aromatic carbocycles. The molecule has 0 aliphatic carbocycles. The molecule has 2 aromatic rings. The quantitative estimate of drug-likeness (QED) is 0.525. The zero-order valence-electron chi connectivity index (χ0n) is 14.8. The van der Waals surface area contributed by atoms with Crippen molar-refractivity contribution in [3.8, 4) is 0 Å². The van der Waals surface area contributed by atoms with Crippen LogP contribution in [0.25, 0.3) is 0 Å². The average molecular weight is 441 g/mol. The zero-order chi connectivity index (χ0) is 22.9. The molecule has 4 nitrogen and oxygen atoms in total. The van der Waals surface area contributed by atoms with Crippen molar-refractivity contribution in [3.63, 3.8) is 0 Å². The molecule has 2 rings (SSSR count). The van der Waals surface area contributed by atoms with E-state index in [9.17, 15) is 44.7 Å². The smallest absolute Gasteiger partial charge is 0.416 e. The fourth-order valence-electron chi connectivity index (χ4n) is 2.18. The molecular weight excluding hydrogens is 430 g/mol. The number of carbonyl (C=O) groups excluding carboxylic acids is 2. The summed E-state index contributed by atoms with van der Waals surface area (Å²) in [5, 5.41) is 1.95. The predicted molar refractivity (Wildman–Crippen MR) is 86.3 cm³/mol. The monoisotopic (exact) mass is 441 g/mol. The van der Waals surface area contributed by atoms with E-state index >= 15 is 0 Å². The number of halogens is 8. The van der Waals surface area contributed by atoms with Crippen molar-refractivity contribution in [1.82, 2.24) is 0 Å². The Morgan fingerprint density at radius 3 is 1.90 bits per heavy atom. The van der Waals surface area contributed by atoms with Gasteiger partial charge in [0.15, 0.2) is 6.10 Å². The fourth-order valence-corrected chi connectivity index (χ4v) is 2.18. The fraction of sp³-hybridized carbons (Fsp3) is 0.222. The minimum Gasteiger partial charge on any atom is -0.449 e. The highest BCUT2D eigenvalue weighted by Gasteiger charge is 2.38. The van der Waals surface area contributed by atoms with Crippen molar-refractivity contribution in [2.24, 2.45) is 0 Å². The van der Waals surface area contributed by atoms with Crippen LogP contribution in [-0.2, 0) is 21.9 Å². The van der Waals surface area contributed by atoms with E-state index in [1.165, 1.54) is 0 Å². The van der Waals surface area contributed by atoms with Gasteiger partial charge in [0.1, 0.15) is 11.6 Å². The maximum Gasteiger partial charge on any atom is 0.416 e. The van der Waals surface area contributed by atoms with Gasteiger partial charge in [-0.1, -0.05) is 0 Å². The van der Waals surface area contributed by atoms with Crippen molar-refractivity contribution in [2.75, 3.05) is 5.32 Å². The number of hydrogen-bond acceptors (Lipinski definition) is 3. The van der Waals surface area contributed by atoms with Crippen LogP contribution in [0.5, 0.6) is 0 Å². The van der Waals surface area contributed by atoms with E-state index in [-0.39, 0.29) is 18.2 Å². The van der Waals surface area contributed by atoms with E-state index in [2.05, 4.69) is 4.74 Å². The number of rotatable bonds is 4. The highest BCUT2D eigenvalue weighted by atomic mass is 19.4. The molecule has 0 saturated carbocycles. The first-order chi connectivity index (χ1) is 13.7. The highest BCUT2D eigenvalue weighted by Crippen LogP contribution is 2.36. The Bertz CT molecular complexity index is 937. The second kappa shape index (κ2) is 8.28. The Morgan fingerprint density at radius 1 is 0.900 bits per heavy atom. The molecule has 1 atom stereocenters. The normalized spacial score (nSPS) is 13.0. The van der Waals surface area contributed by atoms with Crippen LogP contribution < -0.4 is 5.32 Å². The largest absolute Gasteiger partial charge is 0.449 e. The molecule has 0 heterocycles. The summed E-state index contributed by atoms with van der Waals surface area (Å²) in [5.41, 5.74) is -5.06. The SMILES string of the molecule is CC(OC(=O)c1cc(C(F)(F)F)cc(C(F)(F)F)c1)C(=O)Nc1ccc(F)cc1F. The summed E-state index contributed by atoms with van der Waals surface area (Å²) in [6, 6.07) is 2.23. The Labute approximate surface area is 163 Å². The molecule has 1 unspecified atom stereocenters. The molecule has 0 radical (unpaired) electrons. The molecule has 12 heteroatoms. The van der Waals surface area contributed by atoms with Gasteiger partial charge >= 0.3 is 18.3 Å². The van der Waals surface area contributed by atoms with Gasteiger partial charge in [-0.15, -0.1) is 0 Å². The summed E-state index contributed by atoms with van der Waals surface area (Å²) in [4.78, 5) is 24.0. The summed E-state index contributed by atoms with van der Waals surface area (Å²) >= 11 is 0. The number of carbonyl (C=O) groups is 2. The molecule has 0 spiro atoms. The Balaban J connectivity index is 2.22. The van der Waals surface area contributed by atoms with E-state index in [0.29, 0.717) is 6.07 Å². The number of anilines is 1. The van der Waals surface area contributed by atoms with Gasteiger partial charge in [-0.25, -0.2) is 13.6 Å². The van der Waals surface area contributed by atoms with Crippen LogP contribution in [-0.4, -0.2) is 18.0 Å². The molecule has 162 valence electrons. The summed E-state index contributed by atoms with van der Waals surface area (Å²) in [7, 11) is 0. The van der Waals surface area contributed by atoms with Gasteiger partial charge < -0.3 is 10.1 Å². The maximum absolute atomic E-state index is 13.5. The lowest BCUT2D eigenvalue weighted by Crippen LogP contribution is -2.30. The maximum atomic E-state index is 13.5. The Kier molecular flexibility index (Phi) is 6.38. The predicted octanol–water partition coefficient (Wildman–Crippen LogP) is 5.19. The second-order valence-corrected chi connectivity index (χ2v) is 5.96. The minimum absolute atomic E-state index is 0.141. The number of amides is 1. The van der Waals surface area contributed by atoms with Gasteiger partial charge in [0.2, 0.25) is 0 Å². The lowest BCUT2D eigenvalue weighted by molar-refractivity contribution is -0.143. The number of hydrogen-bond donors (Lipinski definition) is 1. The minimum atomic E-state index is -5.18. The van der Waals surface area contributed by atoms with E-state index in [4.69, 9.17) is 0 Å². The van der Waals surface area contributed by atoms with Gasteiger partial charge in [-0.2, -0.15) is 26.3 Å². The molecule has 0 aromatic heterocycles. The van der Waals surface area contributed by atoms with Crippen molar-refractivity contribution < 1.29 is 49.4 Å². The van der Waals surface area contributed by atoms with Crippen molar-refractivity contribution >= 4 is 17.6 Å². The summed E-state index contributed by atoms with van der Waals surface area (Å²) < 4.78 is 108. The van der Waals surface area contributed by atoms with Crippen LogP contribution in [0, 0.1) is 11.6 Å². The summed E-state index contributed by atoms with van der Waals surface area (Å²) in [6.45, 7) is 0.951. The van der Waals surface area contributed by atoms with Crippen LogP contribution in [0.15, 0.2) is 36.4 Å².